The van der Waals surface area contributed by atoms with E-state index < -0.39 is 0 Å². The molecule has 66 valence electrons. The van der Waals surface area contributed by atoms with Crippen LogP contribution in [0.15, 0.2) is 6.33 Å². The number of nitrogens with one attached hydrogen (secondary N) is 1. The predicted octanol–water partition coefficient (Wildman–Crippen LogP) is 0.535. The molecule has 0 saturated carbocycles. The number of rotatable bonds is 3. The summed E-state index contributed by atoms with van der Waals surface area (Å²) in [6.45, 7) is 0. The van der Waals surface area contributed by atoms with Crippen molar-refractivity contribution in [2.75, 3.05) is 26.6 Å². The highest BCUT2D eigenvalue weighted by Crippen LogP contribution is 2.28. The standard InChI is InChI=1S/C7H11N3O2/c1-8-5-6(11-2)9-4-10-7(5)12-3/h4,8H,1-3H3. The van der Waals surface area contributed by atoms with Gasteiger partial charge < -0.3 is 14.8 Å². The monoisotopic (exact) mass is 169 g/mol. The van der Waals surface area contributed by atoms with E-state index in [-0.39, 0.29) is 0 Å². The van der Waals surface area contributed by atoms with Crippen LogP contribution >= 0.6 is 0 Å². The van der Waals surface area contributed by atoms with Gasteiger partial charge in [0.15, 0.2) is 5.69 Å². The van der Waals surface area contributed by atoms with Crippen LogP contribution in [0.25, 0.3) is 0 Å². The van der Waals surface area contributed by atoms with E-state index in [1.54, 1.807) is 21.3 Å². The second-order valence-corrected chi connectivity index (χ2v) is 2.02. The summed E-state index contributed by atoms with van der Waals surface area (Å²) in [6.07, 6.45) is 1.39. The lowest BCUT2D eigenvalue weighted by molar-refractivity contribution is 0.375. The molecule has 0 aliphatic heterocycles. The molecule has 1 aromatic rings. The molecule has 0 bridgehead atoms. The molecule has 0 aliphatic carbocycles. The number of hydrogen-bond acceptors (Lipinski definition) is 5. The van der Waals surface area contributed by atoms with Crippen molar-refractivity contribution in [2.24, 2.45) is 0 Å². The Labute approximate surface area is 70.7 Å². The molecule has 1 heterocycles. The lowest BCUT2D eigenvalue weighted by Gasteiger charge is -2.08. The molecular weight excluding hydrogens is 158 g/mol. The van der Waals surface area contributed by atoms with Crippen LogP contribution in [0.1, 0.15) is 0 Å². The van der Waals surface area contributed by atoms with E-state index in [4.69, 9.17) is 9.47 Å². The highest BCUT2D eigenvalue weighted by molar-refractivity contribution is 5.59. The van der Waals surface area contributed by atoms with Gasteiger partial charge in [0.25, 0.3) is 0 Å². The zero-order chi connectivity index (χ0) is 8.97. The van der Waals surface area contributed by atoms with E-state index in [1.165, 1.54) is 6.33 Å². The van der Waals surface area contributed by atoms with Crippen molar-refractivity contribution in [3.8, 4) is 11.8 Å². The molecule has 1 N–H and O–H groups in total. The second-order valence-electron chi connectivity index (χ2n) is 2.02. The van der Waals surface area contributed by atoms with E-state index in [2.05, 4.69) is 15.3 Å². The van der Waals surface area contributed by atoms with Crippen molar-refractivity contribution in [3.05, 3.63) is 6.33 Å². The summed E-state index contributed by atoms with van der Waals surface area (Å²) >= 11 is 0. The van der Waals surface area contributed by atoms with E-state index in [1.807, 2.05) is 0 Å². The fraction of sp³-hybridized carbons (Fsp3) is 0.429. The smallest absolute Gasteiger partial charge is 0.244 e. The van der Waals surface area contributed by atoms with Gasteiger partial charge in [-0.15, -0.1) is 0 Å². The van der Waals surface area contributed by atoms with E-state index in [0.717, 1.165) is 0 Å². The Morgan fingerprint density at radius 3 is 2.00 bits per heavy atom. The van der Waals surface area contributed by atoms with Crippen molar-refractivity contribution >= 4 is 5.69 Å². The normalized spacial score (nSPS) is 9.25. The van der Waals surface area contributed by atoms with Crippen molar-refractivity contribution in [2.45, 2.75) is 0 Å². The van der Waals surface area contributed by atoms with Gasteiger partial charge in [-0.25, -0.2) is 0 Å². The predicted molar refractivity (Wildman–Crippen MR) is 44.7 cm³/mol. The minimum atomic E-state index is 0.476. The summed E-state index contributed by atoms with van der Waals surface area (Å²) in [5, 5.41) is 2.89. The Morgan fingerprint density at radius 2 is 1.67 bits per heavy atom. The number of ether oxygens (including phenoxy) is 2. The Kier molecular flexibility index (Phi) is 2.68. The van der Waals surface area contributed by atoms with Crippen LogP contribution in [0.5, 0.6) is 11.8 Å². The minimum absolute atomic E-state index is 0.476. The summed E-state index contributed by atoms with van der Waals surface area (Å²) in [7, 11) is 4.84. The third kappa shape index (κ3) is 1.39. The van der Waals surface area contributed by atoms with Gasteiger partial charge >= 0.3 is 0 Å². The largest absolute Gasteiger partial charge is 0.479 e. The summed E-state index contributed by atoms with van der Waals surface area (Å²) in [4.78, 5) is 7.80. The quantitative estimate of drug-likeness (QED) is 0.715. The van der Waals surface area contributed by atoms with Gasteiger partial charge in [0.2, 0.25) is 11.8 Å². The molecule has 0 atom stereocenters. The highest BCUT2D eigenvalue weighted by Gasteiger charge is 2.09. The summed E-state index contributed by atoms with van der Waals surface area (Å²) in [5.41, 5.74) is 0.655. The van der Waals surface area contributed by atoms with Crippen LogP contribution in [0, 0.1) is 0 Å². The van der Waals surface area contributed by atoms with Crippen molar-refractivity contribution in [3.63, 3.8) is 0 Å². The fourth-order valence-corrected chi connectivity index (χ4v) is 0.878. The van der Waals surface area contributed by atoms with Crippen molar-refractivity contribution < 1.29 is 9.47 Å². The first-order valence-electron chi connectivity index (χ1n) is 3.44. The van der Waals surface area contributed by atoms with Crippen LogP contribution in [0.4, 0.5) is 5.69 Å². The van der Waals surface area contributed by atoms with Gasteiger partial charge in [-0.2, -0.15) is 9.97 Å². The molecule has 0 unspecified atom stereocenters. The number of hydrogen-bond donors (Lipinski definition) is 1. The minimum Gasteiger partial charge on any atom is -0.479 e. The maximum absolute atomic E-state index is 4.99. The molecule has 5 heteroatoms. The first kappa shape index (κ1) is 8.58. The summed E-state index contributed by atoms with van der Waals surface area (Å²) in [5.74, 6) is 0.953. The molecule has 5 nitrogen and oxygen atoms in total. The van der Waals surface area contributed by atoms with E-state index in [0.29, 0.717) is 17.4 Å². The third-order valence-electron chi connectivity index (χ3n) is 1.41. The van der Waals surface area contributed by atoms with Crippen LogP contribution in [0.2, 0.25) is 0 Å². The SMILES string of the molecule is CNc1c(OC)ncnc1OC. The van der Waals surface area contributed by atoms with Gasteiger partial charge in [0, 0.05) is 7.05 Å². The number of methoxy groups -OCH3 is 2. The molecule has 0 radical (unpaired) electrons. The molecule has 12 heavy (non-hydrogen) atoms. The molecular formula is C7H11N3O2. The lowest BCUT2D eigenvalue weighted by Crippen LogP contribution is -2.00. The average molecular weight is 169 g/mol. The maximum atomic E-state index is 4.99. The molecule has 0 fully saturated rings. The van der Waals surface area contributed by atoms with Crippen molar-refractivity contribution in [1.29, 1.82) is 0 Å². The molecule has 1 rings (SSSR count). The Hall–Kier alpha value is -1.52. The first-order chi connectivity index (χ1) is 5.83. The van der Waals surface area contributed by atoms with Gasteiger partial charge in [-0.3, -0.25) is 0 Å². The zero-order valence-electron chi connectivity index (χ0n) is 7.29. The molecule has 1 aromatic heterocycles. The number of nitrogens with zero attached hydrogens (tertiary/aromatic N) is 2. The van der Waals surface area contributed by atoms with Gasteiger partial charge in [0.05, 0.1) is 14.2 Å². The maximum Gasteiger partial charge on any atom is 0.244 e. The number of aromatic nitrogens is 2. The van der Waals surface area contributed by atoms with E-state index in [9.17, 15) is 0 Å². The van der Waals surface area contributed by atoms with Crippen LogP contribution in [0.3, 0.4) is 0 Å². The Bertz CT molecular complexity index is 243. The van der Waals surface area contributed by atoms with Crippen molar-refractivity contribution in [1.82, 2.24) is 9.97 Å². The third-order valence-corrected chi connectivity index (χ3v) is 1.41. The molecule has 0 spiro atoms. The number of anilines is 1. The van der Waals surface area contributed by atoms with Crippen LogP contribution < -0.4 is 14.8 Å². The Balaban J connectivity index is 3.13. The Morgan fingerprint density at radius 1 is 1.17 bits per heavy atom. The van der Waals surface area contributed by atoms with Crippen LogP contribution in [-0.4, -0.2) is 31.2 Å². The van der Waals surface area contributed by atoms with Gasteiger partial charge in [-0.1, -0.05) is 0 Å². The summed E-state index contributed by atoms with van der Waals surface area (Å²) in [6, 6.07) is 0. The zero-order valence-corrected chi connectivity index (χ0v) is 7.29. The summed E-state index contributed by atoms with van der Waals surface area (Å²) < 4.78 is 9.97. The average Bonchev–Trinajstić information content (AvgIpc) is 2.16. The highest BCUT2D eigenvalue weighted by atomic mass is 16.5. The first-order valence-corrected chi connectivity index (χ1v) is 3.44. The van der Waals surface area contributed by atoms with Gasteiger partial charge in [-0.05, 0) is 0 Å². The topological polar surface area (TPSA) is 56.3 Å². The van der Waals surface area contributed by atoms with Crippen LogP contribution in [-0.2, 0) is 0 Å². The fourth-order valence-electron chi connectivity index (χ4n) is 0.878. The van der Waals surface area contributed by atoms with Gasteiger partial charge in [0.1, 0.15) is 6.33 Å². The molecule has 0 aromatic carbocycles. The molecule has 0 aliphatic rings. The molecule has 0 saturated heterocycles. The second kappa shape index (κ2) is 3.75. The molecule has 0 amide bonds. The lowest BCUT2D eigenvalue weighted by atomic mass is 10.5. The van der Waals surface area contributed by atoms with E-state index >= 15 is 0 Å².